The van der Waals surface area contributed by atoms with Gasteiger partial charge >= 0.3 is 0 Å². The molecule has 0 aliphatic carbocycles. The van der Waals surface area contributed by atoms with Gasteiger partial charge in [0, 0.05) is 6.20 Å². The van der Waals surface area contributed by atoms with E-state index in [2.05, 4.69) is 10.3 Å². The molecule has 3 heteroatoms. The maximum atomic E-state index is 8.26. The highest BCUT2D eigenvalue weighted by atomic mass is 14.9. The summed E-state index contributed by atoms with van der Waals surface area (Å²) in [5.74, 6) is 0. The maximum Gasteiger partial charge on any atom is 0.0982 e. The lowest BCUT2D eigenvalue weighted by molar-refractivity contribution is 1.09. The van der Waals surface area contributed by atoms with E-state index < -0.39 is 0 Å². The van der Waals surface area contributed by atoms with Crippen LogP contribution in [0.3, 0.4) is 0 Å². The van der Waals surface area contributed by atoms with Crippen molar-refractivity contribution in [1.29, 1.82) is 5.26 Å². The summed E-state index contributed by atoms with van der Waals surface area (Å²) in [5, 5.41) is 11.0. The molecule has 0 saturated carbocycles. The first-order valence-electron chi connectivity index (χ1n) is 2.27. The minimum absolute atomic E-state index is 0.517. The van der Waals surface area contributed by atoms with E-state index in [1.807, 2.05) is 6.07 Å². The van der Waals surface area contributed by atoms with Gasteiger partial charge in [-0.15, -0.1) is 0 Å². The molecule has 0 atom stereocenters. The van der Waals surface area contributed by atoms with Crippen molar-refractivity contribution in [2.45, 2.75) is 0 Å². The average molecular weight is 107 g/mol. The van der Waals surface area contributed by atoms with E-state index in [-0.39, 0.29) is 0 Å². The van der Waals surface area contributed by atoms with Gasteiger partial charge in [-0.25, -0.2) is 0 Å². The fourth-order valence-electron chi connectivity index (χ4n) is 0.448. The van der Waals surface area contributed by atoms with Crippen LogP contribution in [0, 0.1) is 11.3 Å². The van der Waals surface area contributed by atoms with E-state index >= 15 is 0 Å². The fourth-order valence-corrected chi connectivity index (χ4v) is 0.448. The third kappa shape index (κ3) is 0.850. The molecule has 0 saturated heterocycles. The topological polar surface area (TPSA) is 48.2 Å². The minimum Gasteiger partial charge on any atom is -0.352 e. The largest absolute Gasteiger partial charge is 0.352 e. The van der Waals surface area contributed by atoms with Crippen LogP contribution in [0.2, 0.25) is 0 Å². The second-order valence-electron chi connectivity index (χ2n) is 1.42. The molecule has 1 heterocycles. The first-order chi connectivity index (χ1) is 3.93. The number of nitriles is 1. The van der Waals surface area contributed by atoms with Crippen LogP contribution in [-0.2, 0) is 0 Å². The van der Waals surface area contributed by atoms with Crippen LogP contribution < -0.4 is 5.32 Å². The zero-order valence-corrected chi connectivity index (χ0v) is 4.26. The summed E-state index contributed by atoms with van der Waals surface area (Å²) in [6.07, 6.45) is 3.22. The predicted molar refractivity (Wildman–Crippen MR) is 30.2 cm³/mol. The summed E-state index contributed by atoms with van der Waals surface area (Å²) in [7, 11) is 0. The highest BCUT2D eigenvalue weighted by Crippen LogP contribution is 1.91. The Morgan fingerprint density at radius 1 is 1.88 bits per heavy atom. The summed E-state index contributed by atoms with van der Waals surface area (Å²) in [4.78, 5) is 3.80. The summed E-state index contributed by atoms with van der Waals surface area (Å²) in [6.45, 7) is 0.517. The van der Waals surface area contributed by atoms with Crippen molar-refractivity contribution < 1.29 is 0 Å². The van der Waals surface area contributed by atoms with Crippen molar-refractivity contribution in [1.82, 2.24) is 5.32 Å². The van der Waals surface area contributed by atoms with Crippen LogP contribution >= 0.6 is 0 Å². The van der Waals surface area contributed by atoms with E-state index in [0.29, 0.717) is 12.1 Å². The number of nitrogens with one attached hydrogen (secondary N) is 1. The summed E-state index contributed by atoms with van der Waals surface area (Å²) in [6, 6.07) is 1.99. The molecule has 0 aromatic rings. The Kier molecular flexibility index (Phi) is 1.29. The van der Waals surface area contributed by atoms with Crippen molar-refractivity contribution >= 4 is 6.34 Å². The van der Waals surface area contributed by atoms with Gasteiger partial charge in [0.25, 0.3) is 0 Å². The number of aliphatic imine (C=N–C) groups is 1. The molecule has 1 aliphatic heterocycles. The molecule has 0 bridgehead atoms. The highest BCUT2D eigenvalue weighted by molar-refractivity contribution is 5.58. The van der Waals surface area contributed by atoms with Gasteiger partial charge in [-0.2, -0.15) is 5.26 Å². The molecule has 1 rings (SSSR count). The lowest BCUT2D eigenvalue weighted by atomic mass is 10.3. The van der Waals surface area contributed by atoms with Gasteiger partial charge in [0.2, 0.25) is 0 Å². The van der Waals surface area contributed by atoms with Crippen LogP contribution in [0.15, 0.2) is 16.8 Å². The Hall–Kier alpha value is -1.30. The van der Waals surface area contributed by atoms with Crippen molar-refractivity contribution in [3.8, 4) is 6.07 Å². The quantitative estimate of drug-likeness (QED) is 0.474. The van der Waals surface area contributed by atoms with E-state index in [4.69, 9.17) is 5.26 Å². The smallest absolute Gasteiger partial charge is 0.0982 e. The molecule has 0 aromatic heterocycles. The van der Waals surface area contributed by atoms with Crippen LogP contribution in [0.4, 0.5) is 0 Å². The van der Waals surface area contributed by atoms with E-state index in [9.17, 15) is 0 Å². The van der Waals surface area contributed by atoms with Gasteiger partial charge in [0.05, 0.1) is 24.5 Å². The third-order valence-electron chi connectivity index (χ3n) is 0.829. The van der Waals surface area contributed by atoms with Gasteiger partial charge in [-0.1, -0.05) is 0 Å². The van der Waals surface area contributed by atoms with Crippen LogP contribution in [-0.4, -0.2) is 12.9 Å². The second-order valence-corrected chi connectivity index (χ2v) is 1.42. The third-order valence-corrected chi connectivity index (χ3v) is 0.829. The zero-order chi connectivity index (χ0) is 5.82. The van der Waals surface area contributed by atoms with Crippen LogP contribution in [0.5, 0.6) is 0 Å². The second kappa shape index (κ2) is 2.12. The average Bonchev–Trinajstić information content (AvgIpc) is 1.90. The van der Waals surface area contributed by atoms with Gasteiger partial charge in [0.15, 0.2) is 0 Å². The number of hydrogen-bond donors (Lipinski definition) is 1. The Balaban J connectivity index is 2.59. The zero-order valence-electron chi connectivity index (χ0n) is 4.26. The molecule has 0 fully saturated rings. The molecular formula is C5H5N3. The monoisotopic (exact) mass is 107 g/mol. The first-order valence-corrected chi connectivity index (χ1v) is 2.27. The lowest BCUT2D eigenvalue weighted by Gasteiger charge is -1.98. The molecule has 3 nitrogen and oxygen atoms in total. The molecule has 0 unspecified atom stereocenters. The minimum atomic E-state index is 0.517. The van der Waals surface area contributed by atoms with Gasteiger partial charge in [0.1, 0.15) is 0 Å². The first kappa shape index (κ1) is 4.85. The Morgan fingerprint density at radius 3 is 3.12 bits per heavy atom. The van der Waals surface area contributed by atoms with E-state index in [1.165, 1.54) is 0 Å². The summed E-state index contributed by atoms with van der Waals surface area (Å²) in [5.41, 5.74) is 0.674. The molecule has 0 radical (unpaired) electrons. The van der Waals surface area contributed by atoms with Gasteiger partial charge in [-0.3, -0.25) is 4.99 Å². The maximum absolute atomic E-state index is 8.26. The SMILES string of the molecule is N#CC1=CNC=NC1. The fraction of sp³-hybridized carbons (Fsp3) is 0.200. The van der Waals surface area contributed by atoms with Crippen molar-refractivity contribution in [3.05, 3.63) is 11.8 Å². The number of hydrogen-bond acceptors (Lipinski definition) is 3. The number of nitrogens with zero attached hydrogens (tertiary/aromatic N) is 2. The Bertz CT molecular complexity index is 173. The Morgan fingerprint density at radius 2 is 2.75 bits per heavy atom. The molecule has 8 heavy (non-hydrogen) atoms. The Labute approximate surface area is 47.3 Å². The predicted octanol–water partition coefficient (Wildman–Crippen LogP) is 0.0254. The molecule has 0 aromatic carbocycles. The van der Waals surface area contributed by atoms with Gasteiger partial charge < -0.3 is 5.32 Å². The normalized spacial score (nSPS) is 16.1. The van der Waals surface area contributed by atoms with Crippen LogP contribution in [0.25, 0.3) is 0 Å². The summed E-state index contributed by atoms with van der Waals surface area (Å²) >= 11 is 0. The molecule has 0 amide bonds. The number of rotatable bonds is 0. The van der Waals surface area contributed by atoms with Gasteiger partial charge in [-0.05, 0) is 0 Å². The molecule has 40 valence electrons. The molecular weight excluding hydrogens is 102 g/mol. The van der Waals surface area contributed by atoms with E-state index in [1.54, 1.807) is 12.5 Å². The van der Waals surface area contributed by atoms with Crippen molar-refractivity contribution in [3.63, 3.8) is 0 Å². The molecule has 1 N–H and O–H groups in total. The van der Waals surface area contributed by atoms with E-state index in [0.717, 1.165) is 0 Å². The lowest BCUT2D eigenvalue weighted by Crippen LogP contribution is -2.08. The van der Waals surface area contributed by atoms with Crippen molar-refractivity contribution in [2.75, 3.05) is 6.54 Å². The highest BCUT2D eigenvalue weighted by Gasteiger charge is 1.93. The summed E-state index contributed by atoms with van der Waals surface area (Å²) < 4.78 is 0. The van der Waals surface area contributed by atoms with Crippen molar-refractivity contribution in [2.24, 2.45) is 4.99 Å². The molecule has 0 spiro atoms. The molecule has 1 aliphatic rings. The van der Waals surface area contributed by atoms with Crippen LogP contribution in [0.1, 0.15) is 0 Å². The standard InChI is InChI=1S/C5H5N3/c6-1-5-2-7-4-8-3-5/h2,4H,3H2,(H,7,8).